The predicted molar refractivity (Wildman–Crippen MR) is 78.5 cm³/mol. The molecule has 0 saturated carbocycles. The maximum Gasteiger partial charge on any atom is -0.00871 e. The summed E-state index contributed by atoms with van der Waals surface area (Å²) in [6, 6.07) is 18.9. The molecule has 2 aromatic rings. The lowest BCUT2D eigenvalue weighted by atomic mass is 9.74. The first kappa shape index (κ1) is 11.3. The largest absolute Gasteiger partial charge is 0.0620 e. The van der Waals surface area contributed by atoms with Crippen LogP contribution in [0.1, 0.15) is 53.4 Å². The molecule has 2 aliphatic rings. The average Bonchev–Trinajstić information content (AvgIpc) is 2.90. The molecule has 0 nitrogen and oxygen atoms in total. The second kappa shape index (κ2) is 4.52. The van der Waals surface area contributed by atoms with Crippen LogP contribution in [0.2, 0.25) is 0 Å². The molecule has 0 bridgehead atoms. The molecular formula is C19H19. The van der Waals surface area contributed by atoms with E-state index in [4.69, 9.17) is 0 Å². The lowest BCUT2D eigenvalue weighted by Crippen LogP contribution is -2.15. The molecule has 1 radical (unpaired) electrons. The van der Waals surface area contributed by atoms with Crippen molar-refractivity contribution in [1.82, 2.24) is 0 Å². The molecular weight excluding hydrogens is 228 g/mol. The maximum absolute atomic E-state index is 3.25. The van der Waals surface area contributed by atoms with Gasteiger partial charge >= 0.3 is 0 Å². The summed E-state index contributed by atoms with van der Waals surface area (Å²) in [6.07, 6.45) is 6.55. The van der Waals surface area contributed by atoms with Crippen molar-refractivity contribution in [3.05, 3.63) is 70.8 Å². The van der Waals surface area contributed by atoms with Crippen LogP contribution in [-0.4, -0.2) is 0 Å². The van der Waals surface area contributed by atoms with E-state index in [2.05, 4.69) is 48.5 Å². The van der Waals surface area contributed by atoms with E-state index in [1.807, 2.05) is 0 Å². The third-order valence-electron chi connectivity index (χ3n) is 5.01. The fraction of sp³-hybridized carbons (Fsp3) is 0.368. The van der Waals surface area contributed by atoms with Gasteiger partial charge in [-0.2, -0.15) is 0 Å². The Labute approximate surface area is 115 Å². The fourth-order valence-corrected chi connectivity index (χ4v) is 4.15. The highest BCUT2D eigenvalue weighted by Crippen LogP contribution is 2.47. The minimum atomic E-state index is 0.738. The summed E-state index contributed by atoms with van der Waals surface area (Å²) >= 11 is 0. The van der Waals surface area contributed by atoms with Crippen molar-refractivity contribution in [2.75, 3.05) is 0 Å². The molecule has 2 atom stereocenters. The quantitative estimate of drug-likeness (QED) is 0.689. The van der Waals surface area contributed by atoms with Crippen LogP contribution < -0.4 is 0 Å². The van der Waals surface area contributed by atoms with Crippen LogP contribution in [0.3, 0.4) is 0 Å². The van der Waals surface area contributed by atoms with Crippen LogP contribution in [0.15, 0.2) is 42.5 Å². The van der Waals surface area contributed by atoms with Gasteiger partial charge in [0, 0.05) is 0 Å². The van der Waals surface area contributed by atoms with Crippen LogP contribution in [0.4, 0.5) is 0 Å². The summed E-state index contributed by atoms with van der Waals surface area (Å²) < 4.78 is 0. The van der Waals surface area contributed by atoms with Gasteiger partial charge in [0.1, 0.15) is 0 Å². The normalized spacial score (nSPS) is 24.8. The zero-order valence-corrected chi connectivity index (χ0v) is 11.2. The Morgan fingerprint density at radius 2 is 1.68 bits per heavy atom. The molecule has 0 saturated heterocycles. The van der Waals surface area contributed by atoms with Crippen LogP contribution in [0.5, 0.6) is 0 Å². The smallest absolute Gasteiger partial charge is 0.00871 e. The Kier molecular flexibility index (Phi) is 2.69. The van der Waals surface area contributed by atoms with Gasteiger partial charge in [-0.1, -0.05) is 42.5 Å². The van der Waals surface area contributed by atoms with Crippen molar-refractivity contribution in [2.45, 2.75) is 43.9 Å². The molecule has 0 aromatic heterocycles. The number of benzene rings is 2. The van der Waals surface area contributed by atoms with Gasteiger partial charge in [-0.3, -0.25) is 0 Å². The summed E-state index contributed by atoms with van der Waals surface area (Å²) in [5, 5.41) is 0. The first-order chi connectivity index (χ1) is 9.43. The van der Waals surface area contributed by atoms with E-state index in [1.54, 1.807) is 22.3 Å². The first-order valence-corrected chi connectivity index (χ1v) is 7.50. The molecule has 95 valence electrons. The van der Waals surface area contributed by atoms with Gasteiger partial charge in [-0.25, -0.2) is 0 Å². The molecule has 0 spiro atoms. The Morgan fingerprint density at radius 1 is 0.842 bits per heavy atom. The molecule has 2 aromatic carbocycles. The van der Waals surface area contributed by atoms with Crippen LogP contribution in [0.25, 0.3) is 0 Å². The molecule has 0 N–H and O–H groups in total. The molecule has 4 rings (SSSR count). The Balaban J connectivity index is 1.76. The standard InChI is InChI=1S/C19H19/c1-3-9-16-14(6-1)8-5-11-18(16)19-13-12-15-7-2-4-10-17(15)19/h2-4,6-7,9-10,18-19H,5,8,11-13H2. The van der Waals surface area contributed by atoms with Crippen molar-refractivity contribution < 1.29 is 0 Å². The first-order valence-electron chi connectivity index (χ1n) is 7.50. The second-order valence-corrected chi connectivity index (χ2v) is 5.97. The zero-order valence-electron chi connectivity index (χ0n) is 11.2. The Morgan fingerprint density at radius 3 is 2.68 bits per heavy atom. The van der Waals surface area contributed by atoms with Gasteiger partial charge in [-0.05, 0) is 72.3 Å². The van der Waals surface area contributed by atoms with Crippen molar-refractivity contribution in [3.8, 4) is 0 Å². The second-order valence-electron chi connectivity index (χ2n) is 5.97. The number of aryl methyl sites for hydroxylation is 2. The number of hydrogen-bond donors (Lipinski definition) is 0. The highest BCUT2D eigenvalue weighted by molar-refractivity contribution is 5.41. The highest BCUT2D eigenvalue weighted by atomic mass is 14.4. The number of hydrogen-bond acceptors (Lipinski definition) is 0. The van der Waals surface area contributed by atoms with Crippen molar-refractivity contribution in [1.29, 1.82) is 0 Å². The topological polar surface area (TPSA) is 0 Å². The van der Waals surface area contributed by atoms with Gasteiger partial charge in [-0.15, -0.1) is 0 Å². The predicted octanol–water partition coefficient (Wildman–Crippen LogP) is 4.64. The van der Waals surface area contributed by atoms with E-state index in [0.29, 0.717) is 0 Å². The van der Waals surface area contributed by atoms with Crippen LogP contribution >= 0.6 is 0 Å². The Bertz CT molecular complexity index is 596. The summed E-state index contributed by atoms with van der Waals surface area (Å²) in [4.78, 5) is 0. The molecule has 0 aliphatic heterocycles. The van der Waals surface area contributed by atoms with E-state index < -0.39 is 0 Å². The van der Waals surface area contributed by atoms with E-state index in [0.717, 1.165) is 11.8 Å². The maximum atomic E-state index is 3.25. The molecule has 0 amide bonds. The molecule has 2 unspecified atom stereocenters. The lowest BCUT2D eigenvalue weighted by Gasteiger charge is -2.30. The van der Waals surface area contributed by atoms with Gasteiger partial charge < -0.3 is 0 Å². The number of rotatable bonds is 1. The summed E-state index contributed by atoms with van der Waals surface area (Å²) in [5.74, 6) is 1.49. The number of fused-ring (bicyclic) bond motifs is 2. The molecule has 2 aliphatic carbocycles. The van der Waals surface area contributed by atoms with Crippen LogP contribution in [0, 0.1) is 6.07 Å². The van der Waals surface area contributed by atoms with Crippen molar-refractivity contribution in [2.24, 2.45) is 0 Å². The van der Waals surface area contributed by atoms with Gasteiger partial charge in [0.15, 0.2) is 0 Å². The zero-order chi connectivity index (χ0) is 12.7. The van der Waals surface area contributed by atoms with Crippen molar-refractivity contribution >= 4 is 0 Å². The minimum absolute atomic E-state index is 0.738. The van der Waals surface area contributed by atoms with E-state index in [1.165, 1.54) is 32.1 Å². The van der Waals surface area contributed by atoms with Gasteiger partial charge in [0.05, 0.1) is 0 Å². The summed E-state index contributed by atoms with van der Waals surface area (Å²) in [6.45, 7) is 0. The van der Waals surface area contributed by atoms with Crippen molar-refractivity contribution in [3.63, 3.8) is 0 Å². The molecule has 0 heteroatoms. The third kappa shape index (κ3) is 1.82. The van der Waals surface area contributed by atoms with Crippen LogP contribution in [-0.2, 0) is 12.8 Å². The van der Waals surface area contributed by atoms with E-state index >= 15 is 0 Å². The summed E-state index contributed by atoms with van der Waals surface area (Å²) in [7, 11) is 0. The van der Waals surface area contributed by atoms with E-state index in [-0.39, 0.29) is 0 Å². The SMILES string of the molecule is [c]1ccc2c(c1)CCCC2C1CCc2ccccc21. The van der Waals surface area contributed by atoms with Gasteiger partial charge in [0.2, 0.25) is 0 Å². The molecule has 0 fully saturated rings. The highest BCUT2D eigenvalue weighted by Gasteiger charge is 2.32. The third-order valence-corrected chi connectivity index (χ3v) is 5.01. The summed E-state index contributed by atoms with van der Waals surface area (Å²) in [5.41, 5.74) is 6.35. The average molecular weight is 247 g/mol. The van der Waals surface area contributed by atoms with E-state index in [9.17, 15) is 0 Å². The Hall–Kier alpha value is -1.56. The molecule has 0 heterocycles. The molecule has 19 heavy (non-hydrogen) atoms. The lowest BCUT2D eigenvalue weighted by molar-refractivity contribution is 0.463. The van der Waals surface area contributed by atoms with Gasteiger partial charge in [0.25, 0.3) is 0 Å². The minimum Gasteiger partial charge on any atom is -0.0620 e. The monoisotopic (exact) mass is 247 g/mol. The fourth-order valence-electron chi connectivity index (χ4n) is 4.15.